The molecule has 1 aliphatic carbocycles. The molecular weight excluding hydrogens is 574 g/mol. The maximum absolute atomic E-state index is 11.4. The predicted octanol–water partition coefficient (Wildman–Crippen LogP) is 10.9. The van der Waals surface area contributed by atoms with Gasteiger partial charge in [0.1, 0.15) is 0 Å². The average Bonchev–Trinajstić information content (AvgIpc) is 3.44. The van der Waals surface area contributed by atoms with Crippen molar-refractivity contribution in [2.45, 2.75) is 5.41 Å². The smallest absolute Gasteiger partial charge is 0.335 e. The quantitative estimate of drug-likeness (QED) is 0.196. The number of aromatic carboxylic acids is 1. The summed E-state index contributed by atoms with van der Waals surface area (Å²) in [6.07, 6.45) is 0. The highest BCUT2D eigenvalue weighted by Crippen LogP contribution is 2.57. The number of nitrogens with zero attached hydrogens (tertiary/aromatic N) is 1. The molecular formula is C44H31NO2. The molecule has 0 spiro atoms. The van der Waals surface area contributed by atoms with Crippen molar-refractivity contribution < 1.29 is 9.90 Å². The molecule has 7 aromatic rings. The Balaban J connectivity index is 1.31. The number of para-hydroxylation sites is 1. The van der Waals surface area contributed by atoms with Crippen LogP contribution in [-0.2, 0) is 5.41 Å². The van der Waals surface area contributed by atoms with Gasteiger partial charge in [-0.3, -0.25) is 0 Å². The van der Waals surface area contributed by atoms with Crippen molar-refractivity contribution in [1.82, 2.24) is 0 Å². The van der Waals surface area contributed by atoms with Crippen molar-refractivity contribution in [3.63, 3.8) is 0 Å². The monoisotopic (exact) mass is 605 g/mol. The lowest BCUT2D eigenvalue weighted by Crippen LogP contribution is -2.28. The molecule has 47 heavy (non-hydrogen) atoms. The Morgan fingerprint density at radius 3 is 1.51 bits per heavy atom. The Hall–Kier alpha value is -6.19. The standard InChI is InChI=1S/C44H31NO2/c46-43(47)33-22-20-31(21-23-33)32-24-26-37(27-25-32)45(36-16-8-3-9-17-36)38-28-29-40-39-18-10-11-19-41(39)44(42(40)30-38,34-12-4-1-5-13-34)35-14-6-2-7-15-35/h1-30H,(H,46,47). The first kappa shape index (κ1) is 28.3. The largest absolute Gasteiger partial charge is 0.478 e. The van der Waals surface area contributed by atoms with E-state index in [1.54, 1.807) is 12.1 Å². The van der Waals surface area contributed by atoms with Gasteiger partial charge in [-0.1, -0.05) is 133 Å². The van der Waals surface area contributed by atoms with Crippen LogP contribution in [0.25, 0.3) is 22.3 Å². The van der Waals surface area contributed by atoms with Gasteiger partial charge < -0.3 is 10.0 Å². The van der Waals surface area contributed by atoms with E-state index in [-0.39, 0.29) is 5.56 Å². The fourth-order valence-corrected chi connectivity index (χ4v) is 7.20. The van der Waals surface area contributed by atoms with Crippen LogP contribution in [0, 0.1) is 0 Å². The van der Waals surface area contributed by atoms with Crippen molar-refractivity contribution in [1.29, 1.82) is 0 Å². The van der Waals surface area contributed by atoms with E-state index in [1.807, 2.05) is 18.2 Å². The molecule has 224 valence electrons. The third kappa shape index (κ3) is 4.72. The molecule has 1 N–H and O–H groups in total. The SMILES string of the molecule is O=C(O)c1ccc(-c2ccc(N(c3ccccc3)c3ccc4c(c3)C(c3ccccc3)(c3ccccc3)c3ccccc3-4)cc2)cc1. The number of fused-ring (bicyclic) bond motifs is 3. The minimum atomic E-state index is -0.925. The van der Waals surface area contributed by atoms with E-state index in [4.69, 9.17) is 0 Å². The topological polar surface area (TPSA) is 40.5 Å². The molecule has 0 bridgehead atoms. The molecule has 0 aromatic heterocycles. The molecule has 1 aliphatic rings. The highest BCUT2D eigenvalue weighted by molar-refractivity contribution is 5.90. The van der Waals surface area contributed by atoms with E-state index in [2.05, 4.69) is 157 Å². The molecule has 0 saturated carbocycles. The van der Waals surface area contributed by atoms with Crippen molar-refractivity contribution in [2.24, 2.45) is 0 Å². The summed E-state index contributed by atoms with van der Waals surface area (Å²) in [5.41, 5.74) is 12.5. The molecule has 8 rings (SSSR count). The third-order valence-electron chi connectivity index (χ3n) is 9.31. The van der Waals surface area contributed by atoms with Gasteiger partial charge in [0.2, 0.25) is 0 Å². The molecule has 0 saturated heterocycles. The minimum absolute atomic E-state index is 0.279. The van der Waals surface area contributed by atoms with Gasteiger partial charge >= 0.3 is 5.97 Å². The van der Waals surface area contributed by atoms with Crippen molar-refractivity contribution in [3.05, 3.63) is 210 Å². The molecule has 0 fully saturated rings. The van der Waals surface area contributed by atoms with Gasteiger partial charge in [-0.15, -0.1) is 0 Å². The number of carboxylic acids is 1. The number of hydrogen-bond acceptors (Lipinski definition) is 2. The zero-order valence-corrected chi connectivity index (χ0v) is 25.6. The van der Waals surface area contributed by atoms with Crippen LogP contribution >= 0.6 is 0 Å². The number of rotatable bonds is 7. The van der Waals surface area contributed by atoms with Crippen LogP contribution in [0.4, 0.5) is 17.1 Å². The molecule has 0 heterocycles. The average molecular weight is 606 g/mol. The Labute approximate surface area is 274 Å². The minimum Gasteiger partial charge on any atom is -0.478 e. The fraction of sp³-hybridized carbons (Fsp3) is 0.0227. The van der Waals surface area contributed by atoms with Gasteiger partial charge in [-0.2, -0.15) is 0 Å². The van der Waals surface area contributed by atoms with Crippen LogP contribution in [-0.4, -0.2) is 11.1 Å². The summed E-state index contributed by atoms with van der Waals surface area (Å²) in [6, 6.07) is 63.4. The Kier molecular flexibility index (Phi) is 7.00. The number of anilines is 3. The van der Waals surface area contributed by atoms with Gasteiger partial charge in [-0.25, -0.2) is 4.79 Å². The summed E-state index contributed by atoms with van der Waals surface area (Å²) in [5, 5.41) is 9.33. The number of carbonyl (C=O) groups is 1. The summed E-state index contributed by atoms with van der Waals surface area (Å²) < 4.78 is 0. The second kappa shape index (κ2) is 11.6. The highest BCUT2D eigenvalue weighted by Gasteiger charge is 2.46. The van der Waals surface area contributed by atoms with Gasteiger partial charge in [0.05, 0.1) is 11.0 Å². The van der Waals surface area contributed by atoms with Crippen molar-refractivity contribution in [2.75, 3.05) is 4.90 Å². The van der Waals surface area contributed by atoms with Crippen LogP contribution in [0.5, 0.6) is 0 Å². The first-order valence-electron chi connectivity index (χ1n) is 15.8. The zero-order valence-electron chi connectivity index (χ0n) is 25.6. The summed E-state index contributed by atoms with van der Waals surface area (Å²) in [6.45, 7) is 0. The van der Waals surface area contributed by atoms with Crippen molar-refractivity contribution >= 4 is 23.0 Å². The first-order chi connectivity index (χ1) is 23.1. The molecule has 3 nitrogen and oxygen atoms in total. The molecule has 0 unspecified atom stereocenters. The maximum Gasteiger partial charge on any atom is 0.335 e. The van der Waals surface area contributed by atoms with E-state index in [0.29, 0.717) is 0 Å². The maximum atomic E-state index is 11.4. The normalized spacial score (nSPS) is 12.6. The van der Waals surface area contributed by atoms with Crippen LogP contribution in [0.1, 0.15) is 32.6 Å². The van der Waals surface area contributed by atoms with Crippen molar-refractivity contribution in [3.8, 4) is 22.3 Å². The predicted molar refractivity (Wildman–Crippen MR) is 191 cm³/mol. The highest BCUT2D eigenvalue weighted by atomic mass is 16.4. The number of hydrogen-bond donors (Lipinski definition) is 1. The lowest BCUT2D eigenvalue weighted by molar-refractivity contribution is 0.0697. The summed E-state index contributed by atoms with van der Waals surface area (Å²) in [4.78, 5) is 13.7. The second-order valence-corrected chi connectivity index (χ2v) is 11.9. The lowest BCUT2D eigenvalue weighted by atomic mass is 9.67. The number of carboxylic acid groups (broad SMARTS) is 1. The van der Waals surface area contributed by atoms with Crippen LogP contribution in [0.2, 0.25) is 0 Å². The molecule has 0 amide bonds. The summed E-state index contributed by atoms with van der Waals surface area (Å²) in [5.74, 6) is -0.925. The summed E-state index contributed by atoms with van der Waals surface area (Å²) >= 11 is 0. The van der Waals surface area contributed by atoms with Crippen LogP contribution in [0.15, 0.2) is 182 Å². The van der Waals surface area contributed by atoms with E-state index in [1.165, 1.54) is 33.4 Å². The molecule has 0 aliphatic heterocycles. The number of benzene rings is 7. The summed E-state index contributed by atoms with van der Waals surface area (Å²) in [7, 11) is 0. The Bertz CT molecular complexity index is 2150. The van der Waals surface area contributed by atoms with E-state index in [9.17, 15) is 9.90 Å². The van der Waals surface area contributed by atoms with E-state index in [0.717, 1.165) is 28.2 Å². The van der Waals surface area contributed by atoms with Crippen LogP contribution < -0.4 is 4.90 Å². The first-order valence-corrected chi connectivity index (χ1v) is 15.8. The molecule has 7 aromatic carbocycles. The fourth-order valence-electron chi connectivity index (χ4n) is 7.20. The van der Waals surface area contributed by atoms with Gasteiger partial charge in [0.25, 0.3) is 0 Å². The molecule has 0 atom stereocenters. The second-order valence-electron chi connectivity index (χ2n) is 11.9. The van der Waals surface area contributed by atoms with Gasteiger partial charge in [0.15, 0.2) is 0 Å². The van der Waals surface area contributed by atoms with E-state index < -0.39 is 11.4 Å². The Morgan fingerprint density at radius 1 is 0.447 bits per heavy atom. The van der Waals surface area contributed by atoms with E-state index >= 15 is 0 Å². The zero-order chi connectivity index (χ0) is 31.8. The van der Waals surface area contributed by atoms with Crippen LogP contribution in [0.3, 0.4) is 0 Å². The molecule has 3 heteroatoms. The molecule has 0 radical (unpaired) electrons. The van der Waals surface area contributed by atoms with Gasteiger partial charge in [-0.05, 0) is 93.0 Å². The van der Waals surface area contributed by atoms with Gasteiger partial charge in [0, 0.05) is 17.1 Å². The Morgan fingerprint density at radius 2 is 0.915 bits per heavy atom. The lowest BCUT2D eigenvalue weighted by Gasteiger charge is -2.35. The third-order valence-corrected chi connectivity index (χ3v) is 9.31.